The fraction of sp³-hybridized carbons (Fsp3) is 0.500. The van der Waals surface area contributed by atoms with Gasteiger partial charge in [0.1, 0.15) is 6.61 Å². The van der Waals surface area contributed by atoms with E-state index in [1.165, 1.54) is 5.57 Å². The molecule has 0 radical (unpaired) electrons. The molecular weight excluding hydrogens is 200 g/mol. The van der Waals surface area contributed by atoms with Crippen LogP contribution in [0.1, 0.15) is 33.6 Å². The molecule has 0 spiro atoms. The summed E-state index contributed by atoms with van der Waals surface area (Å²) in [5.74, 6) is -0.0571. The average molecular weight is 220 g/mol. The van der Waals surface area contributed by atoms with Crippen molar-refractivity contribution in [1.29, 1.82) is 0 Å². The van der Waals surface area contributed by atoms with E-state index in [-0.39, 0.29) is 11.4 Å². The molecule has 1 rings (SSSR count). The van der Waals surface area contributed by atoms with Crippen LogP contribution in [0.3, 0.4) is 0 Å². The number of carbonyl (C=O) groups excluding carboxylic acids is 1. The van der Waals surface area contributed by atoms with Gasteiger partial charge in [-0.25, -0.2) is 0 Å². The SMILES string of the molecule is C\C=C/C=C(\C=C/C)CCC1(C)COC1=O. The molecule has 1 aliphatic rings. The van der Waals surface area contributed by atoms with Crippen molar-refractivity contribution in [3.05, 3.63) is 36.0 Å². The lowest BCUT2D eigenvalue weighted by molar-refractivity contribution is -0.183. The maximum absolute atomic E-state index is 11.3. The molecule has 2 heteroatoms. The van der Waals surface area contributed by atoms with Crippen molar-refractivity contribution in [2.75, 3.05) is 6.61 Å². The molecule has 0 aromatic rings. The molecule has 1 fully saturated rings. The van der Waals surface area contributed by atoms with Crippen molar-refractivity contribution in [3.63, 3.8) is 0 Å². The Labute approximate surface area is 97.7 Å². The van der Waals surface area contributed by atoms with Crippen LogP contribution < -0.4 is 0 Å². The normalized spacial score (nSPS) is 26.2. The molecule has 88 valence electrons. The first-order chi connectivity index (χ1) is 7.62. The van der Waals surface area contributed by atoms with Crippen molar-refractivity contribution < 1.29 is 9.53 Å². The quantitative estimate of drug-likeness (QED) is 0.524. The lowest BCUT2D eigenvalue weighted by atomic mass is 9.81. The summed E-state index contributed by atoms with van der Waals surface area (Å²) in [5, 5.41) is 0. The minimum absolute atomic E-state index is 0.0571. The van der Waals surface area contributed by atoms with Gasteiger partial charge >= 0.3 is 5.97 Å². The largest absolute Gasteiger partial charge is 0.464 e. The molecule has 16 heavy (non-hydrogen) atoms. The highest BCUT2D eigenvalue weighted by atomic mass is 16.6. The lowest BCUT2D eigenvalue weighted by Gasteiger charge is -2.35. The summed E-state index contributed by atoms with van der Waals surface area (Å²) in [6, 6.07) is 0. The number of esters is 1. The van der Waals surface area contributed by atoms with Crippen LogP contribution >= 0.6 is 0 Å². The van der Waals surface area contributed by atoms with Crippen molar-refractivity contribution >= 4 is 5.97 Å². The molecule has 0 aliphatic carbocycles. The second-order valence-corrected chi connectivity index (χ2v) is 4.40. The Hall–Kier alpha value is -1.31. The van der Waals surface area contributed by atoms with Gasteiger partial charge in [0.05, 0.1) is 5.41 Å². The maximum Gasteiger partial charge on any atom is 0.315 e. The molecule has 2 nitrogen and oxygen atoms in total. The lowest BCUT2D eigenvalue weighted by Crippen LogP contribution is -2.45. The second kappa shape index (κ2) is 5.69. The first-order valence-electron chi connectivity index (χ1n) is 5.74. The number of ether oxygens (including phenoxy) is 1. The zero-order valence-corrected chi connectivity index (χ0v) is 10.3. The van der Waals surface area contributed by atoms with Gasteiger partial charge in [-0.05, 0) is 39.2 Å². The minimum Gasteiger partial charge on any atom is -0.464 e. The molecule has 0 N–H and O–H groups in total. The third kappa shape index (κ3) is 3.09. The van der Waals surface area contributed by atoms with Crippen LogP contribution in [-0.4, -0.2) is 12.6 Å². The molecule has 0 amide bonds. The molecular formula is C14H20O2. The average Bonchev–Trinajstić information content (AvgIpc) is 2.30. The van der Waals surface area contributed by atoms with Gasteiger partial charge in [0.15, 0.2) is 0 Å². The highest BCUT2D eigenvalue weighted by Crippen LogP contribution is 2.34. The number of hydrogen-bond donors (Lipinski definition) is 0. The van der Waals surface area contributed by atoms with Crippen LogP contribution in [0.5, 0.6) is 0 Å². The van der Waals surface area contributed by atoms with E-state index >= 15 is 0 Å². The van der Waals surface area contributed by atoms with Gasteiger partial charge in [0.2, 0.25) is 0 Å². The predicted molar refractivity (Wildman–Crippen MR) is 66.0 cm³/mol. The third-order valence-electron chi connectivity index (χ3n) is 2.86. The zero-order chi connectivity index (χ0) is 12.0. The first-order valence-corrected chi connectivity index (χ1v) is 5.74. The summed E-state index contributed by atoms with van der Waals surface area (Å²) in [5.41, 5.74) is 0.998. The molecule has 0 aromatic heterocycles. The van der Waals surface area contributed by atoms with Crippen molar-refractivity contribution in [2.45, 2.75) is 33.6 Å². The van der Waals surface area contributed by atoms with Crippen LogP contribution in [0, 0.1) is 5.41 Å². The Morgan fingerprint density at radius 3 is 2.62 bits per heavy atom. The van der Waals surface area contributed by atoms with Crippen molar-refractivity contribution in [1.82, 2.24) is 0 Å². The predicted octanol–water partition coefficient (Wildman–Crippen LogP) is 3.41. The third-order valence-corrected chi connectivity index (χ3v) is 2.86. The van der Waals surface area contributed by atoms with Gasteiger partial charge in [-0.2, -0.15) is 0 Å². The Bertz CT molecular complexity index is 337. The van der Waals surface area contributed by atoms with Gasteiger partial charge in [-0.3, -0.25) is 4.79 Å². The Morgan fingerprint density at radius 1 is 1.44 bits per heavy atom. The van der Waals surface area contributed by atoms with Crippen LogP contribution in [-0.2, 0) is 9.53 Å². The molecule has 1 saturated heterocycles. The summed E-state index contributed by atoms with van der Waals surface area (Å²) >= 11 is 0. The summed E-state index contributed by atoms with van der Waals surface area (Å²) in [6.45, 7) is 6.54. The Balaban J connectivity index is 2.53. The van der Waals surface area contributed by atoms with Gasteiger partial charge in [-0.15, -0.1) is 0 Å². The monoisotopic (exact) mass is 220 g/mol. The summed E-state index contributed by atoms with van der Waals surface area (Å²) in [4.78, 5) is 11.3. The number of allylic oxidation sites excluding steroid dienone is 6. The molecule has 0 bridgehead atoms. The smallest absolute Gasteiger partial charge is 0.315 e. The topological polar surface area (TPSA) is 26.3 Å². The molecule has 0 saturated carbocycles. The molecule has 1 atom stereocenters. The van der Waals surface area contributed by atoms with Crippen molar-refractivity contribution in [3.8, 4) is 0 Å². The number of cyclic esters (lactones) is 1. The van der Waals surface area contributed by atoms with E-state index in [9.17, 15) is 4.79 Å². The maximum atomic E-state index is 11.3. The molecule has 1 heterocycles. The van der Waals surface area contributed by atoms with Gasteiger partial charge < -0.3 is 4.74 Å². The van der Waals surface area contributed by atoms with E-state index in [1.54, 1.807) is 0 Å². The van der Waals surface area contributed by atoms with Crippen LogP contribution in [0.25, 0.3) is 0 Å². The Kier molecular flexibility index (Phi) is 4.53. The van der Waals surface area contributed by atoms with E-state index in [0.29, 0.717) is 6.61 Å². The first kappa shape index (κ1) is 12.8. The summed E-state index contributed by atoms with van der Waals surface area (Å²) in [6.07, 6.45) is 12.0. The second-order valence-electron chi connectivity index (χ2n) is 4.40. The van der Waals surface area contributed by atoms with E-state index in [0.717, 1.165) is 12.8 Å². The highest BCUT2D eigenvalue weighted by molar-refractivity contribution is 5.81. The molecule has 0 aromatic carbocycles. The fourth-order valence-corrected chi connectivity index (χ4v) is 1.63. The number of carbonyl (C=O) groups is 1. The van der Waals surface area contributed by atoms with Crippen LogP contribution in [0.2, 0.25) is 0 Å². The van der Waals surface area contributed by atoms with Gasteiger partial charge in [-0.1, -0.05) is 30.4 Å². The van der Waals surface area contributed by atoms with Gasteiger partial charge in [0.25, 0.3) is 0 Å². The van der Waals surface area contributed by atoms with Crippen LogP contribution in [0.15, 0.2) is 36.0 Å². The highest BCUT2D eigenvalue weighted by Gasteiger charge is 2.44. The van der Waals surface area contributed by atoms with E-state index in [1.807, 2.05) is 39.0 Å². The van der Waals surface area contributed by atoms with Gasteiger partial charge in [0, 0.05) is 0 Å². The number of hydrogen-bond acceptors (Lipinski definition) is 2. The summed E-state index contributed by atoms with van der Waals surface area (Å²) in [7, 11) is 0. The van der Waals surface area contributed by atoms with E-state index in [2.05, 4.69) is 12.2 Å². The van der Waals surface area contributed by atoms with Crippen LogP contribution in [0.4, 0.5) is 0 Å². The minimum atomic E-state index is -0.253. The Morgan fingerprint density at radius 2 is 2.19 bits per heavy atom. The fourth-order valence-electron chi connectivity index (χ4n) is 1.63. The molecule has 1 aliphatic heterocycles. The van der Waals surface area contributed by atoms with E-state index < -0.39 is 0 Å². The summed E-state index contributed by atoms with van der Waals surface area (Å²) < 4.78 is 4.83. The zero-order valence-electron chi connectivity index (χ0n) is 10.3. The number of rotatable bonds is 5. The van der Waals surface area contributed by atoms with Crippen molar-refractivity contribution in [2.24, 2.45) is 5.41 Å². The molecule has 1 unspecified atom stereocenters. The standard InChI is InChI=1S/C14H20O2/c1-4-6-8-12(7-5-2)9-10-14(3)11-16-13(14)15/h4-8H,9-11H2,1-3H3/b6-4-,7-5-,12-8+. The van der Waals surface area contributed by atoms with E-state index in [4.69, 9.17) is 4.74 Å².